The number of hydrogen-bond acceptors (Lipinski definition) is 2. The second kappa shape index (κ2) is 18.0. The van der Waals surface area contributed by atoms with Crippen molar-refractivity contribution in [2.75, 3.05) is 0 Å². The van der Waals surface area contributed by atoms with E-state index in [1.165, 1.54) is 62.7 Å². The minimum atomic E-state index is -0.564. The molecule has 0 aliphatic heterocycles. The quantitative estimate of drug-likeness (QED) is 0.118. The third-order valence-electron chi connectivity index (χ3n) is 10.8. The van der Waals surface area contributed by atoms with E-state index in [2.05, 4.69) is 177 Å². The van der Waals surface area contributed by atoms with Gasteiger partial charge in [0.1, 0.15) is 0 Å². The molecule has 297 valence electrons. The number of pyridine rings is 1. The number of halogens is 1. The van der Waals surface area contributed by atoms with Crippen LogP contribution < -0.4 is 0 Å². The Kier molecular flexibility index (Phi) is 12.4. The summed E-state index contributed by atoms with van der Waals surface area (Å²) in [5.74, 6) is 1.34. The van der Waals surface area contributed by atoms with Crippen LogP contribution in [0.2, 0.25) is 0 Å². The number of aromatic nitrogens is 3. The Morgan fingerprint density at radius 1 is 0.583 bits per heavy atom. The molecular formula is C54H42FIrN3Te-2. The summed E-state index contributed by atoms with van der Waals surface area (Å²) in [6.45, 7) is 9.28. The molecule has 3 heterocycles. The Morgan fingerprint density at radius 2 is 1.22 bits per heavy atom. The summed E-state index contributed by atoms with van der Waals surface area (Å²) in [6, 6.07) is 63.0. The number of nitrogens with zero attached hydrogens (tertiary/aromatic N) is 3. The SMILES string of the molecule is CC(C)c1cc(-c2ccc(-c3ccccc3)cc2)cc(C(C)C)c1-n1c(-c2[c-]ccc3c2[te]c2ccccc23)nc2ccccc21.Fc1ccc[c-]c1-c1ccccn1.[Ir]. The summed E-state index contributed by atoms with van der Waals surface area (Å²) >= 11 is -0.564. The maximum Gasteiger partial charge on any atom is 0.0380 e. The third kappa shape index (κ3) is 8.06. The maximum atomic E-state index is 13.2. The number of benzene rings is 7. The van der Waals surface area contributed by atoms with Crippen molar-refractivity contribution >= 4 is 49.0 Å². The fourth-order valence-electron chi connectivity index (χ4n) is 7.87. The van der Waals surface area contributed by atoms with Crippen molar-refractivity contribution in [2.24, 2.45) is 0 Å². The van der Waals surface area contributed by atoms with Gasteiger partial charge in [-0.05, 0) is 17.3 Å². The van der Waals surface area contributed by atoms with Crippen LogP contribution in [-0.4, -0.2) is 35.0 Å². The first-order valence-electron chi connectivity index (χ1n) is 20.1. The molecular weight excluding hydrogens is 1030 g/mol. The largest absolute Gasteiger partial charge is 0.305 e. The first kappa shape index (κ1) is 41.3. The number of hydrogen-bond donors (Lipinski definition) is 0. The van der Waals surface area contributed by atoms with Crippen molar-refractivity contribution in [1.29, 1.82) is 0 Å². The average Bonchev–Trinajstić information content (AvgIpc) is 3.86. The Balaban J connectivity index is 0.000000304. The van der Waals surface area contributed by atoms with E-state index in [1.807, 2.05) is 6.07 Å². The van der Waals surface area contributed by atoms with Crippen molar-refractivity contribution < 1.29 is 24.5 Å². The summed E-state index contributed by atoms with van der Waals surface area (Å²) in [5, 5.41) is 2.74. The van der Waals surface area contributed by atoms with Gasteiger partial charge in [0.05, 0.1) is 0 Å². The maximum absolute atomic E-state index is 13.2. The zero-order valence-corrected chi connectivity index (χ0v) is 38.5. The molecule has 0 bridgehead atoms. The predicted octanol–water partition coefficient (Wildman–Crippen LogP) is 14.1. The Morgan fingerprint density at radius 3 is 1.92 bits per heavy atom. The second-order valence-electron chi connectivity index (χ2n) is 15.3. The van der Waals surface area contributed by atoms with Gasteiger partial charge < -0.3 is 4.98 Å². The molecule has 3 nitrogen and oxygen atoms in total. The smallest absolute Gasteiger partial charge is 0.0380 e. The molecule has 1 radical (unpaired) electrons. The van der Waals surface area contributed by atoms with Crippen molar-refractivity contribution in [2.45, 2.75) is 39.5 Å². The standard InChI is InChI=1S/C43H35N2Te.C11H7FN.Ir/c1-27(2)36-25-32(31-23-21-30(22-24-31)29-13-6-5-7-14-29)26-37(28(3)4)41(36)45-39-19-10-9-18-38(39)44-43(45)35-17-12-16-34-33-15-8-11-20-40(33)46-42(34)35;12-10-6-2-1-5-9(10)11-7-3-4-8-13-11;/h5-16,18-28H,1-4H3;1-4,6-8H;/q2*-1;. The van der Waals surface area contributed by atoms with Crippen LogP contribution >= 0.6 is 0 Å². The minimum absolute atomic E-state index is 0. The van der Waals surface area contributed by atoms with E-state index in [0.717, 1.165) is 22.4 Å². The van der Waals surface area contributed by atoms with E-state index in [4.69, 9.17) is 4.98 Å². The first-order chi connectivity index (χ1) is 28.9. The van der Waals surface area contributed by atoms with Crippen molar-refractivity contribution in [3.8, 4) is 50.6 Å². The summed E-state index contributed by atoms with van der Waals surface area (Å²) in [7, 11) is 0. The number of para-hydroxylation sites is 2. The van der Waals surface area contributed by atoms with Crippen LogP contribution in [-0.2, 0) is 20.1 Å². The molecule has 3 aromatic heterocycles. The Bertz CT molecular complexity index is 3030. The molecule has 0 unspecified atom stereocenters. The van der Waals surface area contributed by atoms with Crippen molar-refractivity contribution in [3.63, 3.8) is 0 Å². The van der Waals surface area contributed by atoms with Gasteiger partial charge in [0.2, 0.25) is 0 Å². The number of fused-ring (bicyclic) bond motifs is 4. The first-order valence-corrected chi connectivity index (χ1v) is 22.4. The summed E-state index contributed by atoms with van der Waals surface area (Å²) in [6.07, 6.45) is 1.63. The van der Waals surface area contributed by atoms with Gasteiger partial charge in [-0.1, -0.05) is 48.0 Å². The molecule has 0 saturated carbocycles. The van der Waals surface area contributed by atoms with Crippen LogP contribution in [0.5, 0.6) is 0 Å². The molecule has 0 aliphatic rings. The molecule has 0 spiro atoms. The fraction of sp³-hybridized carbons (Fsp3) is 0.111. The molecule has 0 amide bonds. The molecule has 0 atom stereocenters. The normalized spacial score (nSPS) is 11.2. The summed E-state index contributed by atoms with van der Waals surface area (Å²) in [4.78, 5) is 9.41. The second-order valence-corrected chi connectivity index (χ2v) is 18.3. The Labute approximate surface area is 374 Å². The van der Waals surface area contributed by atoms with Crippen molar-refractivity contribution in [3.05, 3.63) is 199 Å². The molecule has 10 rings (SSSR count). The Hall–Kier alpha value is -5.47. The van der Waals surface area contributed by atoms with Gasteiger partial charge in [-0.2, -0.15) is 0 Å². The monoisotopic (exact) mass is 1070 g/mol. The molecule has 0 fully saturated rings. The fourth-order valence-corrected chi connectivity index (χ4v) is 11.3. The van der Waals surface area contributed by atoms with E-state index < -0.39 is 20.4 Å². The third-order valence-corrected chi connectivity index (χ3v) is 14.2. The van der Waals surface area contributed by atoms with Gasteiger partial charge in [0, 0.05) is 32.1 Å². The van der Waals surface area contributed by atoms with Crippen LogP contribution in [0.25, 0.3) is 79.2 Å². The van der Waals surface area contributed by atoms with E-state index in [1.54, 1.807) is 30.5 Å². The summed E-state index contributed by atoms with van der Waals surface area (Å²) in [5.41, 5.74) is 13.3. The van der Waals surface area contributed by atoms with Gasteiger partial charge in [0.25, 0.3) is 0 Å². The van der Waals surface area contributed by atoms with Gasteiger partial charge in [-0.25, -0.2) is 0 Å². The van der Waals surface area contributed by atoms with Crippen LogP contribution in [0.4, 0.5) is 4.39 Å². The minimum Gasteiger partial charge on any atom is -0.305 e. The molecule has 0 aliphatic carbocycles. The molecule has 6 heteroatoms. The molecule has 10 aromatic rings. The summed E-state index contributed by atoms with van der Waals surface area (Å²) < 4.78 is 18.6. The predicted molar refractivity (Wildman–Crippen MR) is 245 cm³/mol. The van der Waals surface area contributed by atoms with E-state index in [-0.39, 0.29) is 25.9 Å². The zero-order valence-electron chi connectivity index (χ0n) is 33.8. The average molecular weight is 1070 g/mol. The van der Waals surface area contributed by atoms with Gasteiger partial charge >= 0.3 is 246 Å². The van der Waals surface area contributed by atoms with Crippen LogP contribution in [0, 0.1) is 17.9 Å². The topological polar surface area (TPSA) is 30.7 Å². The van der Waals surface area contributed by atoms with Crippen LogP contribution in [0.15, 0.2) is 170 Å². The van der Waals surface area contributed by atoms with E-state index in [9.17, 15) is 4.39 Å². The zero-order chi connectivity index (χ0) is 40.5. The molecule has 60 heavy (non-hydrogen) atoms. The molecule has 0 saturated heterocycles. The van der Waals surface area contributed by atoms with E-state index in [0.29, 0.717) is 23.1 Å². The van der Waals surface area contributed by atoms with Crippen LogP contribution in [0.1, 0.15) is 50.7 Å². The van der Waals surface area contributed by atoms with Gasteiger partial charge in [-0.15, -0.1) is 24.3 Å². The van der Waals surface area contributed by atoms with E-state index >= 15 is 0 Å². The number of imidazole rings is 1. The molecule has 0 N–H and O–H groups in total. The van der Waals surface area contributed by atoms with Gasteiger partial charge in [-0.3, -0.25) is 4.39 Å². The van der Waals surface area contributed by atoms with Crippen molar-refractivity contribution in [1.82, 2.24) is 14.5 Å². The molecule has 7 aromatic carbocycles. The number of rotatable bonds is 7. The van der Waals surface area contributed by atoms with Crippen LogP contribution in [0.3, 0.4) is 0 Å². The van der Waals surface area contributed by atoms with Gasteiger partial charge in [0.15, 0.2) is 0 Å².